The molecule has 1 aliphatic rings. The van der Waals surface area contributed by atoms with Crippen molar-refractivity contribution in [1.29, 1.82) is 0 Å². The predicted molar refractivity (Wildman–Crippen MR) is 95.1 cm³/mol. The van der Waals surface area contributed by atoms with Gasteiger partial charge in [-0.25, -0.2) is 9.50 Å². The van der Waals surface area contributed by atoms with Gasteiger partial charge in [0, 0.05) is 11.9 Å². The highest BCUT2D eigenvalue weighted by molar-refractivity contribution is 7.92. The van der Waals surface area contributed by atoms with Gasteiger partial charge in [0.15, 0.2) is 10.7 Å². The molecule has 1 aliphatic heterocycles. The topological polar surface area (TPSA) is 88.4 Å². The first-order valence-corrected chi connectivity index (χ1v) is 9.74. The van der Waals surface area contributed by atoms with Gasteiger partial charge in [-0.2, -0.15) is 13.5 Å². The Bertz CT molecular complexity index is 976. The first-order valence-electron chi connectivity index (χ1n) is 8.26. The Morgan fingerprint density at radius 1 is 1.12 bits per heavy atom. The van der Waals surface area contributed by atoms with E-state index in [0.717, 1.165) is 25.9 Å². The fourth-order valence-electron chi connectivity index (χ4n) is 3.18. The van der Waals surface area contributed by atoms with E-state index in [0.29, 0.717) is 17.3 Å². The number of hydrogen-bond acceptors (Lipinski definition) is 5. The summed E-state index contributed by atoms with van der Waals surface area (Å²) in [7, 11) is -3.76. The van der Waals surface area contributed by atoms with Crippen molar-refractivity contribution in [3.05, 3.63) is 54.4 Å². The van der Waals surface area contributed by atoms with Crippen LogP contribution in [0.1, 0.15) is 24.3 Å². The fraction of sp³-hybridized carbons (Fsp3) is 0.294. The number of fused-ring (bicyclic) bond motifs is 1. The van der Waals surface area contributed by atoms with Gasteiger partial charge in [-0.15, -0.1) is 0 Å². The van der Waals surface area contributed by atoms with Crippen LogP contribution in [0.4, 0.5) is 5.69 Å². The van der Waals surface area contributed by atoms with Crippen molar-refractivity contribution >= 4 is 21.4 Å². The third-order valence-corrected chi connectivity index (χ3v) is 5.83. The summed E-state index contributed by atoms with van der Waals surface area (Å²) in [4.78, 5) is 4.08. The lowest BCUT2D eigenvalue weighted by Gasteiger charge is -2.23. The highest BCUT2D eigenvalue weighted by Crippen LogP contribution is 2.26. The molecule has 25 heavy (non-hydrogen) atoms. The van der Waals surface area contributed by atoms with Crippen LogP contribution in [0.5, 0.6) is 0 Å². The van der Waals surface area contributed by atoms with Crippen molar-refractivity contribution in [2.75, 3.05) is 17.8 Å². The lowest BCUT2D eigenvalue weighted by Crippen LogP contribution is -2.26. The molecule has 4 rings (SSSR count). The number of aromatic nitrogens is 3. The third kappa shape index (κ3) is 3.22. The quantitative estimate of drug-likeness (QED) is 0.746. The van der Waals surface area contributed by atoms with E-state index in [4.69, 9.17) is 0 Å². The molecule has 2 aromatic heterocycles. The molecule has 2 N–H and O–H groups in total. The van der Waals surface area contributed by atoms with Crippen LogP contribution in [0.15, 0.2) is 53.8 Å². The minimum Gasteiger partial charge on any atom is -0.317 e. The molecule has 0 amide bonds. The van der Waals surface area contributed by atoms with Crippen molar-refractivity contribution in [3.63, 3.8) is 0 Å². The van der Waals surface area contributed by atoms with Crippen LogP contribution in [-0.4, -0.2) is 36.1 Å². The van der Waals surface area contributed by atoms with Gasteiger partial charge in [0.25, 0.3) is 10.0 Å². The number of piperidine rings is 1. The molecular formula is C17H19N5O2S. The van der Waals surface area contributed by atoms with Crippen molar-refractivity contribution in [2.24, 2.45) is 0 Å². The summed E-state index contributed by atoms with van der Waals surface area (Å²) in [5.41, 5.74) is 2.27. The summed E-state index contributed by atoms with van der Waals surface area (Å²) in [5.74, 6) is 0.537. The molecule has 3 heterocycles. The number of hydrogen-bond donors (Lipinski definition) is 2. The van der Waals surface area contributed by atoms with Crippen LogP contribution in [0.2, 0.25) is 0 Å². The van der Waals surface area contributed by atoms with Gasteiger partial charge in [-0.05, 0) is 61.7 Å². The molecule has 8 heteroatoms. The number of rotatable bonds is 4. The molecule has 0 unspecified atom stereocenters. The van der Waals surface area contributed by atoms with E-state index in [1.807, 2.05) is 24.3 Å². The van der Waals surface area contributed by atoms with E-state index in [-0.39, 0.29) is 5.03 Å². The van der Waals surface area contributed by atoms with Crippen LogP contribution in [0.25, 0.3) is 5.65 Å². The van der Waals surface area contributed by atoms with Gasteiger partial charge in [-0.3, -0.25) is 4.72 Å². The van der Waals surface area contributed by atoms with Gasteiger partial charge in [0.05, 0.1) is 6.20 Å². The molecule has 1 aromatic carbocycles. The minimum absolute atomic E-state index is 0.0190. The van der Waals surface area contributed by atoms with Gasteiger partial charge in [0.1, 0.15) is 0 Å². The molecule has 1 saturated heterocycles. The monoisotopic (exact) mass is 357 g/mol. The van der Waals surface area contributed by atoms with Crippen LogP contribution in [0, 0.1) is 0 Å². The van der Waals surface area contributed by atoms with Crippen molar-refractivity contribution < 1.29 is 8.42 Å². The lowest BCUT2D eigenvalue weighted by atomic mass is 9.90. The second-order valence-electron chi connectivity index (χ2n) is 6.14. The van der Waals surface area contributed by atoms with Gasteiger partial charge < -0.3 is 5.32 Å². The highest BCUT2D eigenvalue weighted by atomic mass is 32.2. The van der Waals surface area contributed by atoms with E-state index in [9.17, 15) is 8.42 Å². The fourth-order valence-corrected chi connectivity index (χ4v) is 4.29. The van der Waals surface area contributed by atoms with Crippen LogP contribution >= 0.6 is 0 Å². The molecule has 0 atom stereocenters. The van der Waals surface area contributed by atoms with Crippen molar-refractivity contribution in [1.82, 2.24) is 19.9 Å². The van der Waals surface area contributed by atoms with Crippen molar-refractivity contribution in [2.45, 2.75) is 23.8 Å². The lowest BCUT2D eigenvalue weighted by molar-refractivity contribution is 0.460. The number of sulfonamides is 1. The summed E-state index contributed by atoms with van der Waals surface area (Å²) < 4.78 is 29.2. The number of nitrogens with one attached hydrogen (secondary N) is 2. The zero-order chi connectivity index (χ0) is 17.3. The van der Waals surface area contributed by atoms with E-state index in [2.05, 4.69) is 20.1 Å². The van der Waals surface area contributed by atoms with Crippen molar-refractivity contribution in [3.8, 4) is 0 Å². The van der Waals surface area contributed by atoms with Crippen LogP contribution in [0.3, 0.4) is 0 Å². The minimum atomic E-state index is -3.76. The average Bonchev–Trinajstić information content (AvgIpc) is 3.08. The second kappa shape index (κ2) is 6.45. The average molecular weight is 357 g/mol. The standard InChI is InChI=1S/C17H19N5O2S/c23-25(24,17-12-19-16-2-1-9-20-22(16)17)21-15-5-3-13(4-6-15)14-7-10-18-11-8-14/h1-6,9,12,14,18,21H,7-8,10-11H2. The second-order valence-corrected chi connectivity index (χ2v) is 7.77. The molecule has 3 aromatic rings. The Morgan fingerprint density at radius 2 is 1.88 bits per heavy atom. The Morgan fingerprint density at radius 3 is 2.64 bits per heavy atom. The summed E-state index contributed by atoms with van der Waals surface area (Å²) >= 11 is 0. The Labute approximate surface area is 146 Å². The molecule has 0 bridgehead atoms. The first kappa shape index (κ1) is 16.0. The maximum Gasteiger partial charge on any atom is 0.281 e. The van der Waals surface area contributed by atoms with E-state index in [1.54, 1.807) is 12.1 Å². The number of anilines is 1. The Balaban J connectivity index is 1.56. The summed E-state index contributed by atoms with van der Waals surface area (Å²) in [6.07, 6.45) is 5.06. The number of imidazole rings is 1. The molecule has 1 fully saturated rings. The van der Waals surface area contributed by atoms with E-state index in [1.165, 1.54) is 22.5 Å². The van der Waals surface area contributed by atoms with Gasteiger partial charge in [0.2, 0.25) is 0 Å². The predicted octanol–water partition coefficient (Wildman–Crippen LogP) is 2.00. The number of nitrogens with zero attached hydrogens (tertiary/aromatic N) is 3. The van der Waals surface area contributed by atoms with E-state index >= 15 is 0 Å². The Hall–Kier alpha value is -2.45. The summed E-state index contributed by atoms with van der Waals surface area (Å²) in [5, 5.41) is 7.42. The third-order valence-electron chi connectivity index (χ3n) is 4.50. The summed E-state index contributed by atoms with van der Waals surface area (Å²) in [6.45, 7) is 2.06. The zero-order valence-corrected chi connectivity index (χ0v) is 14.4. The SMILES string of the molecule is O=S(=O)(Nc1ccc(C2CCNCC2)cc1)c1cnc2cccnn12. The molecule has 0 radical (unpaired) electrons. The molecule has 0 saturated carbocycles. The molecule has 7 nitrogen and oxygen atoms in total. The first-order chi connectivity index (χ1) is 12.1. The number of benzene rings is 1. The van der Waals surface area contributed by atoms with Gasteiger partial charge in [-0.1, -0.05) is 12.1 Å². The Kier molecular flexibility index (Phi) is 4.14. The maximum absolute atomic E-state index is 12.6. The van der Waals surface area contributed by atoms with Crippen LogP contribution in [-0.2, 0) is 10.0 Å². The smallest absolute Gasteiger partial charge is 0.281 e. The highest BCUT2D eigenvalue weighted by Gasteiger charge is 2.21. The normalized spacial score (nSPS) is 16.2. The van der Waals surface area contributed by atoms with Crippen LogP contribution < -0.4 is 10.0 Å². The molecule has 130 valence electrons. The molecular weight excluding hydrogens is 338 g/mol. The van der Waals surface area contributed by atoms with Gasteiger partial charge >= 0.3 is 0 Å². The van der Waals surface area contributed by atoms with E-state index < -0.39 is 10.0 Å². The summed E-state index contributed by atoms with van der Waals surface area (Å²) in [6, 6.07) is 11.0. The maximum atomic E-state index is 12.6. The zero-order valence-electron chi connectivity index (χ0n) is 13.6. The molecule has 0 aliphatic carbocycles. The largest absolute Gasteiger partial charge is 0.317 e. The molecule has 0 spiro atoms.